The van der Waals surface area contributed by atoms with Crippen LogP contribution in [-0.2, 0) is 23.7 Å². The molecule has 1 aromatic heterocycles. The molecule has 0 atom stereocenters. The number of carbonyl (C=O) groups excluding carboxylic acids is 1. The molecule has 0 aliphatic rings. The third-order valence-electron chi connectivity index (χ3n) is 5.24. The number of carbonyl (C=O) groups is 1. The van der Waals surface area contributed by atoms with E-state index >= 15 is 0 Å². The summed E-state index contributed by atoms with van der Waals surface area (Å²) in [6, 6.07) is 17.1. The zero-order valence-corrected chi connectivity index (χ0v) is 17.9. The number of halogens is 6. The van der Waals surface area contributed by atoms with Crippen LogP contribution in [0, 0.1) is 0 Å². The van der Waals surface area contributed by atoms with Gasteiger partial charge in [-0.2, -0.15) is 31.4 Å². The summed E-state index contributed by atoms with van der Waals surface area (Å²) >= 11 is 0. The number of fused-ring (bicyclic) bond motifs is 1. The molecule has 0 aliphatic carbocycles. The lowest BCUT2D eigenvalue weighted by molar-refractivity contribution is -0.138. The number of alkyl halides is 6. The van der Waals surface area contributed by atoms with Crippen LogP contribution < -0.4 is 5.43 Å². The van der Waals surface area contributed by atoms with E-state index in [2.05, 4.69) is 10.5 Å². The van der Waals surface area contributed by atoms with Gasteiger partial charge in [0.05, 0.1) is 16.8 Å². The van der Waals surface area contributed by atoms with Gasteiger partial charge in [-0.05, 0) is 41.8 Å². The number of para-hydroxylation sites is 1. The molecule has 3 aromatic carbocycles. The quantitative estimate of drug-likeness (QED) is 0.201. The van der Waals surface area contributed by atoms with Crippen LogP contribution in [0.1, 0.15) is 22.3 Å². The van der Waals surface area contributed by atoms with Gasteiger partial charge in [-0.3, -0.25) is 4.79 Å². The molecular weight excluding hydrogens is 472 g/mol. The van der Waals surface area contributed by atoms with Gasteiger partial charge in [0, 0.05) is 22.8 Å². The van der Waals surface area contributed by atoms with Crippen molar-refractivity contribution >= 4 is 22.5 Å². The van der Waals surface area contributed by atoms with E-state index in [-0.39, 0.29) is 23.4 Å². The SMILES string of the molecule is O=C(Cn1ccc2ccccc21)N/N=C(\c1ccc(C(F)(F)F)cc1)c1cccc(C(F)(F)F)c1. The van der Waals surface area contributed by atoms with E-state index in [0.29, 0.717) is 0 Å². The molecule has 4 nitrogen and oxygen atoms in total. The van der Waals surface area contributed by atoms with Gasteiger partial charge < -0.3 is 4.57 Å². The second-order valence-electron chi connectivity index (χ2n) is 7.65. The number of rotatable bonds is 5. The van der Waals surface area contributed by atoms with Gasteiger partial charge in [0.15, 0.2) is 0 Å². The normalized spacial score (nSPS) is 12.7. The first-order valence-electron chi connectivity index (χ1n) is 10.3. The standard InChI is InChI=1S/C25H17F6N3O/c26-24(27,28)19-10-8-17(9-11-19)23(18-5-3-6-20(14-18)25(29,30)31)33-32-22(35)15-34-13-12-16-4-1-2-7-21(16)34/h1-14H,15H2,(H,32,35)/b33-23+. The Morgan fingerprint density at radius 3 is 2.14 bits per heavy atom. The van der Waals surface area contributed by atoms with Gasteiger partial charge in [-0.25, -0.2) is 5.43 Å². The van der Waals surface area contributed by atoms with Crippen molar-refractivity contribution in [3.05, 3.63) is 107 Å². The monoisotopic (exact) mass is 489 g/mol. The van der Waals surface area contributed by atoms with Crippen LogP contribution in [0.25, 0.3) is 10.9 Å². The average Bonchev–Trinajstić information content (AvgIpc) is 3.21. The number of benzene rings is 3. The van der Waals surface area contributed by atoms with Crippen LogP contribution in [0.2, 0.25) is 0 Å². The van der Waals surface area contributed by atoms with Crippen LogP contribution >= 0.6 is 0 Å². The van der Waals surface area contributed by atoms with Gasteiger partial charge in [0.25, 0.3) is 5.91 Å². The van der Waals surface area contributed by atoms with Crippen LogP contribution in [-0.4, -0.2) is 16.2 Å². The highest BCUT2D eigenvalue weighted by molar-refractivity contribution is 6.13. The lowest BCUT2D eigenvalue weighted by atomic mass is 9.99. The number of hydrogen-bond donors (Lipinski definition) is 1. The highest BCUT2D eigenvalue weighted by atomic mass is 19.4. The lowest BCUT2D eigenvalue weighted by Gasteiger charge is -2.13. The minimum Gasteiger partial charge on any atom is -0.338 e. The van der Waals surface area contributed by atoms with Crippen molar-refractivity contribution in [1.29, 1.82) is 0 Å². The predicted octanol–water partition coefficient (Wildman–Crippen LogP) is 6.25. The first-order chi connectivity index (χ1) is 16.5. The molecule has 1 amide bonds. The fraction of sp³-hybridized carbons (Fsp3) is 0.120. The van der Waals surface area contributed by atoms with Gasteiger partial charge in [-0.15, -0.1) is 0 Å². The molecule has 0 saturated heterocycles. The van der Waals surface area contributed by atoms with E-state index in [4.69, 9.17) is 0 Å². The molecule has 0 bridgehead atoms. The number of hydrogen-bond acceptors (Lipinski definition) is 2. The van der Waals surface area contributed by atoms with Gasteiger partial charge in [-0.1, -0.05) is 42.5 Å². The zero-order chi connectivity index (χ0) is 25.2. The Hall–Kier alpha value is -4.08. The molecule has 0 radical (unpaired) electrons. The molecule has 0 saturated carbocycles. The highest BCUT2D eigenvalue weighted by Gasteiger charge is 2.32. The van der Waals surface area contributed by atoms with Crippen molar-refractivity contribution in [3.63, 3.8) is 0 Å². The third-order valence-corrected chi connectivity index (χ3v) is 5.24. The summed E-state index contributed by atoms with van der Waals surface area (Å²) in [6.45, 7) is -0.125. The van der Waals surface area contributed by atoms with E-state index in [1.165, 1.54) is 6.07 Å². The van der Waals surface area contributed by atoms with Crippen LogP contribution in [0.3, 0.4) is 0 Å². The Morgan fingerprint density at radius 2 is 1.46 bits per heavy atom. The van der Waals surface area contributed by atoms with Gasteiger partial charge in [0.1, 0.15) is 6.54 Å². The Morgan fingerprint density at radius 1 is 0.771 bits per heavy atom. The summed E-state index contributed by atoms with van der Waals surface area (Å²) < 4.78 is 80.2. The summed E-state index contributed by atoms with van der Waals surface area (Å²) in [4.78, 5) is 12.6. The van der Waals surface area contributed by atoms with Crippen molar-refractivity contribution in [3.8, 4) is 0 Å². The summed E-state index contributed by atoms with van der Waals surface area (Å²) in [6.07, 6.45) is -7.52. The Bertz CT molecular complexity index is 1380. The molecular formula is C25H17F6N3O. The summed E-state index contributed by atoms with van der Waals surface area (Å²) in [5.74, 6) is -0.567. The van der Waals surface area contributed by atoms with E-state index in [1.54, 1.807) is 10.8 Å². The van der Waals surface area contributed by atoms with Crippen molar-refractivity contribution < 1.29 is 31.1 Å². The van der Waals surface area contributed by atoms with E-state index < -0.39 is 29.4 Å². The fourth-order valence-corrected chi connectivity index (χ4v) is 3.54. The summed E-state index contributed by atoms with van der Waals surface area (Å²) in [7, 11) is 0. The third kappa shape index (κ3) is 5.53. The molecule has 0 fully saturated rings. The van der Waals surface area contributed by atoms with Crippen LogP contribution in [0.15, 0.2) is 90.2 Å². The summed E-state index contributed by atoms with van der Waals surface area (Å²) in [5, 5.41) is 4.91. The number of aromatic nitrogens is 1. The van der Waals surface area contributed by atoms with E-state index in [0.717, 1.165) is 53.4 Å². The molecule has 4 rings (SSSR count). The van der Waals surface area contributed by atoms with Gasteiger partial charge in [0.2, 0.25) is 0 Å². The van der Waals surface area contributed by atoms with Gasteiger partial charge >= 0.3 is 12.4 Å². The smallest absolute Gasteiger partial charge is 0.338 e. The molecule has 0 aliphatic heterocycles. The Kier molecular flexibility index (Phi) is 6.38. The van der Waals surface area contributed by atoms with Crippen molar-refractivity contribution in [1.82, 2.24) is 9.99 Å². The maximum Gasteiger partial charge on any atom is 0.416 e. The molecule has 0 spiro atoms. The van der Waals surface area contributed by atoms with Crippen molar-refractivity contribution in [2.45, 2.75) is 18.9 Å². The highest BCUT2D eigenvalue weighted by Crippen LogP contribution is 2.31. The number of nitrogens with zero attached hydrogens (tertiary/aromatic N) is 2. The zero-order valence-electron chi connectivity index (χ0n) is 17.9. The van der Waals surface area contributed by atoms with Crippen molar-refractivity contribution in [2.24, 2.45) is 5.10 Å². The lowest BCUT2D eigenvalue weighted by Crippen LogP contribution is -2.25. The predicted molar refractivity (Wildman–Crippen MR) is 119 cm³/mol. The fourth-order valence-electron chi connectivity index (χ4n) is 3.54. The second kappa shape index (κ2) is 9.28. The number of hydrazone groups is 1. The topological polar surface area (TPSA) is 46.4 Å². The molecule has 0 unspecified atom stereocenters. The van der Waals surface area contributed by atoms with Crippen LogP contribution in [0.5, 0.6) is 0 Å². The van der Waals surface area contributed by atoms with Crippen molar-refractivity contribution in [2.75, 3.05) is 0 Å². The first kappa shape index (κ1) is 24.1. The van der Waals surface area contributed by atoms with E-state index in [9.17, 15) is 31.1 Å². The first-order valence-corrected chi connectivity index (χ1v) is 10.3. The van der Waals surface area contributed by atoms with Crippen LogP contribution in [0.4, 0.5) is 26.3 Å². The summed E-state index contributed by atoms with van der Waals surface area (Å²) in [5.41, 5.74) is 1.19. The molecule has 180 valence electrons. The second-order valence-corrected chi connectivity index (χ2v) is 7.65. The largest absolute Gasteiger partial charge is 0.416 e. The maximum absolute atomic E-state index is 13.2. The molecule has 1 heterocycles. The minimum absolute atomic E-state index is 0.0219. The average molecular weight is 489 g/mol. The molecule has 1 N–H and O–H groups in total. The number of nitrogens with one attached hydrogen (secondary N) is 1. The molecule has 35 heavy (non-hydrogen) atoms. The molecule has 4 aromatic rings. The maximum atomic E-state index is 13.2. The minimum atomic E-state index is -4.64. The Balaban J connectivity index is 1.66. The molecule has 10 heteroatoms. The Labute approximate surface area is 195 Å². The van der Waals surface area contributed by atoms with E-state index in [1.807, 2.05) is 30.3 Å². The number of amides is 1.